The van der Waals surface area contributed by atoms with E-state index >= 15 is 0 Å². The summed E-state index contributed by atoms with van der Waals surface area (Å²) in [5.41, 5.74) is 0. The molecule has 0 spiro atoms. The molecule has 0 bridgehead atoms. The number of nitrogens with zero attached hydrogens (tertiary/aromatic N) is 1. The smallest absolute Gasteiger partial charge is 0.148 e. The molecule has 15 heavy (non-hydrogen) atoms. The average Bonchev–Trinajstić information content (AvgIpc) is 2.73. The lowest BCUT2D eigenvalue weighted by Gasteiger charge is -2.10. The Morgan fingerprint density at radius 3 is 3.07 bits per heavy atom. The van der Waals surface area contributed by atoms with Crippen molar-refractivity contribution >= 4 is 11.3 Å². The fourth-order valence-corrected chi connectivity index (χ4v) is 2.56. The Balaban J connectivity index is 2.07. The highest BCUT2D eigenvalue weighted by Crippen LogP contribution is 2.29. The predicted molar refractivity (Wildman–Crippen MR) is 60.3 cm³/mol. The fraction of sp³-hybridized carbons (Fsp3) is 0.545. The first-order valence-electron chi connectivity index (χ1n) is 5.09. The highest BCUT2D eigenvalue weighted by molar-refractivity contribution is 7.12. The van der Waals surface area contributed by atoms with Gasteiger partial charge < -0.3 is 10.1 Å². The van der Waals surface area contributed by atoms with Crippen LogP contribution in [0, 0.1) is 18.3 Å². The molecular weight excluding hydrogens is 208 g/mol. The standard InChI is InChI=1S/C11H14N2OS/c1-7-3-9(6-13-7)14-10-4-8(2)15-11(10)5-12/h4,7,9,13H,3,6H2,1-2H3/t7-,9+/m0/s1. The van der Waals surface area contributed by atoms with Crippen molar-refractivity contribution in [3.05, 3.63) is 15.8 Å². The van der Waals surface area contributed by atoms with Crippen LogP contribution in [0.2, 0.25) is 0 Å². The molecule has 1 saturated heterocycles. The molecule has 0 unspecified atom stereocenters. The summed E-state index contributed by atoms with van der Waals surface area (Å²) in [6.07, 6.45) is 1.22. The number of ether oxygens (including phenoxy) is 1. The van der Waals surface area contributed by atoms with Crippen molar-refractivity contribution in [2.75, 3.05) is 6.54 Å². The molecule has 2 atom stereocenters. The van der Waals surface area contributed by atoms with Crippen LogP contribution in [0.3, 0.4) is 0 Å². The number of thiophene rings is 1. The van der Waals surface area contributed by atoms with Gasteiger partial charge in [0.2, 0.25) is 0 Å². The van der Waals surface area contributed by atoms with Crippen LogP contribution in [0.4, 0.5) is 0 Å². The van der Waals surface area contributed by atoms with Crippen molar-refractivity contribution in [3.8, 4) is 11.8 Å². The maximum absolute atomic E-state index is 8.92. The minimum Gasteiger partial charge on any atom is -0.487 e. The van der Waals surface area contributed by atoms with E-state index in [2.05, 4.69) is 18.3 Å². The molecule has 1 N–H and O–H groups in total. The minimum atomic E-state index is 0.209. The first-order chi connectivity index (χ1) is 7.19. The maximum Gasteiger partial charge on any atom is 0.148 e. The summed E-state index contributed by atoms with van der Waals surface area (Å²) in [5, 5.41) is 12.3. The van der Waals surface area contributed by atoms with Crippen LogP contribution in [0.5, 0.6) is 5.75 Å². The highest BCUT2D eigenvalue weighted by Gasteiger charge is 2.23. The Bertz CT molecular complexity index is 394. The van der Waals surface area contributed by atoms with Crippen molar-refractivity contribution in [1.29, 1.82) is 5.26 Å². The van der Waals surface area contributed by atoms with E-state index in [0.717, 1.165) is 23.6 Å². The molecule has 4 heteroatoms. The van der Waals surface area contributed by atoms with E-state index in [1.807, 2.05) is 13.0 Å². The van der Waals surface area contributed by atoms with Gasteiger partial charge in [0.25, 0.3) is 0 Å². The SMILES string of the molecule is Cc1cc(O[C@H]2CN[C@@H](C)C2)c(C#N)s1. The summed E-state index contributed by atoms with van der Waals surface area (Å²) >= 11 is 1.49. The number of hydrogen-bond donors (Lipinski definition) is 1. The van der Waals surface area contributed by atoms with E-state index in [1.165, 1.54) is 11.3 Å². The van der Waals surface area contributed by atoms with Gasteiger partial charge in [-0.3, -0.25) is 0 Å². The van der Waals surface area contributed by atoms with Gasteiger partial charge in [0.05, 0.1) is 0 Å². The Morgan fingerprint density at radius 1 is 1.67 bits per heavy atom. The van der Waals surface area contributed by atoms with E-state index < -0.39 is 0 Å². The average molecular weight is 222 g/mol. The second kappa shape index (κ2) is 4.21. The molecular formula is C11H14N2OS. The van der Waals surface area contributed by atoms with Crippen LogP contribution in [0.15, 0.2) is 6.07 Å². The minimum absolute atomic E-state index is 0.209. The Hall–Kier alpha value is -1.05. The molecule has 0 saturated carbocycles. The summed E-state index contributed by atoms with van der Waals surface area (Å²) in [6.45, 7) is 5.02. The molecule has 0 amide bonds. The van der Waals surface area contributed by atoms with Gasteiger partial charge >= 0.3 is 0 Å². The summed E-state index contributed by atoms with van der Waals surface area (Å²) < 4.78 is 5.81. The monoisotopic (exact) mass is 222 g/mol. The molecule has 1 aliphatic heterocycles. The molecule has 0 aliphatic carbocycles. The third-order valence-electron chi connectivity index (χ3n) is 2.53. The van der Waals surface area contributed by atoms with Gasteiger partial charge in [0.15, 0.2) is 0 Å². The zero-order valence-corrected chi connectivity index (χ0v) is 9.73. The molecule has 1 aromatic rings. The van der Waals surface area contributed by atoms with Gasteiger partial charge in [-0.1, -0.05) is 0 Å². The molecule has 1 fully saturated rings. The van der Waals surface area contributed by atoms with Crippen molar-refractivity contribution in [1.82, 2.24) is 5.32 Å². The van der Waals surface area contributed by atoms with Crippen molar-refractivity contribution in [2.45, 2.75) is 32.4 Å². The normalized spacial score (nSPS) is 25.1. The van der Waals surface area contributed by atoms with E-state index in [1.54, 1.807) is 0 Å². The number of rotatable bonds is 2. The van der Waals surface area contributed by atoms with Gasteiger partial charge in [-0.05, 0) is 19.9 Å². The summed E-state index contributed by atoms with van der Waals surface area (Å²) in [6, 6.07) is 4.64. The lowest BCUT2D eigenvalue weighted by atomic mass is 10.2. The highest BCUT2D eigenvalue weighted by atomic mass is 32.1. The second-order valence-corrected chi connectivity index (χ2v) is 5.20. The van der Waals surface area contributed by atoms with Crippen LogP contribution in [0.1, 0.15) is 23.1 Å². The van der Waals surface area contributed by atoms with Gasteiger partial charge in [-0.25, -0.2) is 0 Å². The Kier molecular flexibility index (Phi) is 2.94. The molecule has 2 rings (SSSR count). The Labute approximate surface area is 93.7 Å². The topological polar surface area (TPSA) is 45.0 Å². The van der Waals surface area contributed by atoms with Crippen molar-refractivity contribution in [2.24, 2.45) is 0 Å². The van der Waals surface area contributed by atoms with Crippen LogP contribution in [0.25, 0.3) is 0 Å². The summed E-state index contributed by atoms with van der Waals surface area (Å²) in [5.74, 6) is 0.751. The molecule has 3 nitrogen and oxygen atoms in total. The lowest BCUT2D eigenvalue weighted by molar-refractivity contribution is 0.221. The summed E-state index contributed by atoms with van der Waals surface area (Å²) in [4.78, 5) is 1.81. The molecule has 0 radical (unpaired) electrons. The lowest BCUT2D eigenvalue weighted by Crippen LogP contribution is -2.20. The predicted octanol–water partition coefficient (Wildman–Crippen LogP) is 2.06. The number of aryl methyl sites for hydroxylation is 1. The number of nitrogens with one attached hydrogen (secondary N) is 1. The van der Waals surface area contributed by atoms with E-state index in [-0.39, 0.29) is 6.10 Å². The zero-order valence-electron chi connectivity index (χ0n) is 8.91. The van der Waals surface area contributed by atoms with Crippen LogP contribution < -0.4 is 10.1 Å². The molecule has 80 valence electrons. The van der Waals surface area contributed by atoms with E-state index in [4.69, 9.17) is 10.00 Å². The van der Waals surface area contributed by atoms with Crippen LogP contribution in [-0.2, 0) is 0 Å². The van der Waals surface area contributed by atoms with Crippen molar-refractivity contribution in [3.63, 3.8) is 0 Å². The quantitative estimate of drug-likeness (QED) is 0.833. The maximum atomic E-state index is 8.92. The van der Waals surface area contributed by atoms with Gasteiger partial charge in [0, 0.05) is 23.9 Å². The molecule has 0 aromatic carbocycles. The zero-order chi connectivity index (χ0) is 10.8. The van der Waals surface area contributed by atoms with Crippen LogP contribution >= 0.6 is 11.3 Å². The van der Waals surface area contributed by atoms with E-state index in [0.29, 0.717) is 10.9 Å². The third-order valence-corrected chi connectivity index (χ3v) is 3.46. The van der Waals surface area contributed by atoms with Gasteiger partial charge in [-0.15, -0.1) is 11.3 Å². The largest absolute Gasteiger partial charge is 0.487 e. The van der Waals surface area contributed by atoms with Gasteiger partial charge in [0.1, 0.15) is 22.8 Å². The number of nitriles is 1. The number of hydrogen-bond acceptors (Lipinski definition) is 4. The molecule has 1 aromatic heterocycles. The molecule has 1 aliphatic rings. The molecule has 2 heterocycles. The second-order valence-electron chi connectivity index (χ2n) is 3.95. The van der Waals surface area contributed by atoms with Crippen molar-refractivity contribution < 1.29 is 4.74 Å². The Morgan fingerprint density at radius 2 is 2.47 bits per heavy atom. The van der Waals surface area contributed by atoms with Crippen LogP contribution in [-0.4, -0.2) is 18.7 Å². The first-order valence-corrected chi connectivity index (χ1v) is 5.91. The fourth-order valence-electron chi connectivity index (χ4n) is 1.82. The third kappa shape index (κ3) is 2.31. The first kappa shape index (κ1) is 10.5. The van der Waals surface area contributed by atoms with E-state index in [9.17, 15) is 0 Å². The summed E-state index contributed by atoms with van der Waals surface area (Å²) in [7, 11) is 0. The van der Waals surface area contributed by atoms with Gasteiger partial charge in [-0.2, -0.15) is 5.26 Å².